The predicted molar refractivity (Wildman–Crippen MR) is 87.5 cm³/mol. The third kappa shape index (κ3) is 4.77. The molecular weight excluding hydrogens is 258 g/mol. The van der Waals surface area contributed by atoms with E-state index in [1.54, 1.807) is 4.90 Å². The molecule has 2 aromatic carbocycles. The number of nitrogens with zero attached hydrogens (tertiary/aromatic N) is 1. The Balaban J connectivity index is 2.02. The largest absolute Gasteiger partial charge is 0.331 e. The van der Waals surface area contributed by atoms with Crippen LogP contribution in [-0.4, -0.2) is 17.4 Å². The van der Waals surface area contributed by atoms with Crippen molar-refractivity contribution < 1.29 is 4.79 Å². The summed E-state index contributed by atoms with van der Waals surface area (Å²) in [7, 11) is 0. The Kier molecular flexibility index (Phi) is 5.53. The number of hydrogen-bond acceptors (Lipinski definition) is 1. The monoisotopic (exact) mass is 277 g/mol. The van der Waals surface area contributed by atoms with Crippen molar-refractivity contribution in [1.29, 1.82) is 0 Å². The van der Waals surface area contributed by atoms with Crippen LogP contribution >= 0.6 is 0 Å². The van der Waals surface area contributed by atoms with Gasteiger partial charge >= 0.3 is 0 Å². The third-order valence-electron chi connectivity index (χ3n) is 3.14. The molecule has 0 aromatic heterocycles. The third-order valence-corrected chi connectivity index (χ3v) is 3.14. The molecule has 2 nitrogen and oxygen atoms in total. The van der Waals surface area contributed by atoms with Gasteiger partial charge in [0.05, 0.1) is 0 Å². The highest BCUT2D eigenvalue weighted by atomic mass is 16.2. The molecule has 0 atom stereocenters. The van der Waals surface area contributed by atoms with Gasteiger partial charge in [-0.05, 0) is 17.2 Å². The van der Waals surface area contributed by atoms with Crippen molar-refractivity contribution in [2.45, 2.75) is 6.54 Å². The van der Waals surface area contributed by atoms with Crippen LogP contribution in [0.3, 0.4) is 0 Å². The van der Waals surface area contributed by atoms with Crippen LogP contribution in [-0.2, 0) is 11.3 Å². The molecule has 0 saturated carbocycles. The summed E-state index contributed by atoms with van der Waals surface area (Å²) in [5, 5.41) is 0. The van der Waals surface area contributed by atoms with Crippen molar-refractivity contribution in [2.75, 3.05) is 6.54 Å². The summed E-state index contributed by atoms with van der Waals surface area (Å²) in [6, 6.07) is 20.0. The molecule has 0 bridgehead atoms. The van der Waals surface area contributed by atoms with Crippen LogP contribution in [0, 0.1) is 0 Å². The highest BCUT2D eigenvalue weighted by Gasteiger charge is 2.08. The van der Waals surface area contributed by atoms with Crippen molar-refractivity contribution in [3.8, 4) is 0 Å². The van der Waals surface area contributed by atoms with Gasteiger partial charge in [0.1, 0.15) is 0 Å². The molecule has 0 fully saturated rings. The van der Waals surface area contributed by atoms with E-state index in [1.807, 2.05) is 72.8 Å². The first-order valence-corrected chi connectivity index (χ1v) is 6.96. The summed E-state index contributed by atoms with van der Waals surface area (Å²) in [6.07, 6.45) is 5.38. The van der Waals surface area contributed by atoms with E-state index in [0.29, 0.717) is 13.1 Å². The van der Waals surface area contributed by atoms with Gasteiger partial charge in [-0.15, -0.1) is 0 Å². The fourth-order valence-electron chi connectivity index (χ4n) is 2.05. The summed E-state index contributed by atoms with van der Waals surface area (Å²) in [5.74, 6) is -0.0587. The lowest BCUT2D eigenvalue weighted by Gasteiger charge is -2.19. The molecule has 106 valence electrons. The summed E-state index contributed by atoms with van der Waals surface area (Å²) >= 11 is 0. The zero-order chi connectivity index (χ0) is 14.9. The molecule has 0 spiro atoms. The number of amides is 1. The van der Waals surface area contributed by atoms with Gasteiger partial charge in [-0.3, -0.25) is 4.79 Å². The number of carbonyl (C=O) groups excluding carboxylic acids is 1. The first kappa shape index (κ1) is 14.8. The molecule has 2 heteroatoms. The topological polar surface area (TPSA) is 20.3 Å². The maximum Gasteiger partial charge on any atom is 0.246 e. The Morgan fingerprint density at radius 3 is 2.24 bits per heavy atom. The van der Waals surface area contributed by atoms with Crippen molar-refractivity contribution in [3.05, 3.63) is 90.5 Å². The summed E-state index contributed by atoms with van der Waals surface area (Å²) in [5.41, 5.74) is 2.24. The quantitative estimate of drug-likeness (QED) is 0.733. The van der Waals surface area contributed by atoms with Gasteiger partial charge in [-0.25, -0.2) is 0 Å². The van der Waals surface area contributed by atoms with E-state index in [9.17, 15) is 4.79 Å². The zero-order valence-electron chi connectivity index (χ0n) is 12.0. The van der Waals surface area contributed by atoms with Crippen LogP contribution in [0.2, 0.25) is 0 Å². The van der Waals surface area contributed by atoms with Gasteiger partial charge in [0, 0.05) is 13.1 Å². The summed E-state index contributed by atoms with van der Waals surface area (Å²) < 4.78 is 0. The van der Waals surface area contributed by atoms with Crippen LogP contribution in [0.25, 0.3) is 6.08 Å². The van der Waals surface area contributed by atoms with Crippen LogP contribution in [0.5, 0.6) is 0 Å². The Hall–Kier alpha value is -2.61. The van der Waals surface area contributed by atoms with Gasteiger partial charge in [0.25, 0.3) is 0 Å². The van der Waals surface area contributed by atoms with E-state index in [1.165, 1.54) is 6.08 Å². The average Bonchev–Trinajstić information content (AvgIpc) is 2.55. The van der Waals surface area contributed by atoms with E-state index >= 15 is 0 Å². The van der Waals surface area contributed by atoms with Crippen LogP contribution in [0.15, 0.2) is 79.4 Å². The normalized spacial score (nSPS) is 10.5. The molecule has 0 unspecified atom stereocenters. The van der Waals surface area contributed by atoms with Gasteiger partial charge in [-0.2, -0.15) is 0 Å². The minimum atomic E-state index is -0.0587. The molecule has 0 aliphatic heterocycles. The lowest BCUT2D eigenvalue weighted by atomic mass is 10.2. The fraction of sp³-hybridized carbons (Fsp3) is 0.105. The number of hydrogen-bond donors (Lipinski definition) is 0. The smallest absolute Gasteiger partial charge is 0.246 e. The maximum atomic E-state index is 11.9. The fourth-order valence-corrected chi connectivity index (χ4v) is 2.05. The summed E-state index contributed by atoms with van der Waals surface area (Å²) in [4.78, 5) is 13.7. The molecule has 0 radical (unpaired) electrons. The predicted octanol–water partition coefficient (Wildman–Crippen LogP) is 3.91. The molecule has 21 heavy (non-hydrogen) atoms. The number of carbonyl (C=O) groups is 1. The Bertz CT molecular complexity index is 602. The minimum Gasteiger partial charge on any atom is -0.331 e. The highest BCUT2D eigenvalue weighted by Crippen LogP contribution is 2.07. The summed E-state index contributed by atoms with van der Waals surface area (Å²) in [6.45, 7) is 4.73. The SMILES string of the molecule is C=CC(=O)N(C/C=C/c1ccccc1)Cc1ccccc1. The molecule has 0 N–H and O–H groups in total. The van der Waals surface area contributed by atoms with E-state index in [0.717, 1.165) is 11.1 Å². The van der Waals surface area contributed by atoms with Crippen LogP contribution < -0.4 is 0 Å². The van der Waals surface area contributed by atoms with Crippen molar-refractivity contribution in [1.82, 2.24) is 4.90 Å². The second kappa shape index (κ2) is 7.85. The van der Waals surface area contributed by atoms with Gasteiger partial charge in [0.15, 0.2) is 0 Å². The molecular formula is C19H19NO. The van der Waals surface area contributed by atoms with Gasteiger partial charge in [-0.1, -0.05) is 79.4 Å². The van der Waals surface area contributed by atoms with Crippen molar-refractivity contribution in [3.63, 3.8) is 0 Å². The lowest BCUT2D eigenvalue weighted by molar-refractivity contribution is -0.126. The second-order valence-electron chi connectivity index (χ2n) is 4.72. The molecule has 2 aromatic rings. The first-order valence-electron chi connectivity index (χ1n) is 6.96. The molecule has 0 heterocycles. The standard InChI is InChI=1S/C19H19NO/c1-2-19(21)20(16-18-12-7-4-8-13-18)15-9-14-17-10-5-3-6-11-17/h2-14H,1,15-16H2/b14-9+. The number of benzene rings is 2. The maximum absolute atomic E-state index is 11.9. The molecule has 0 aliphatic rings. The van der Waals surface area contributed by atoms with E-state index in [4.69, 9.17) is 0 Å². The van der Waals surface area contributed by atoms with Crippen molar-refractivity contribution in [2.24, 2.45) is 0 Å². The van der Waals surface area contributed by atoms with E-state index in [2.05, 4.69) is 6.58 Å². The van der Waals surface area contributed by atoms with Crippen LogP contribution in [0.1, 0.15) is 11.1 Å². The molecule has 1 amide bonds. The minimum absolute atomic E-state index is 0.0587. The van der Waals surface area contributed by atoms with Gasteiger partial charge < -0.3 is 4.90 Å². The van der Waals surface area contributed by atoms with E-state index in [-0.39, 0.29) is 5.91 Å². The van der Waals surface area contributed by atoms with Crippen LogP contribution in [0.4, 0.5) is 0 Å². The number of rotatable bonds is 6. The van der Waals surface area contributed by atoms with Gasteiger partial charge in [0.2, 0.25) is 5.91 Å². The Morgan fingerprint density at radius 2 is 1.62 bits per heavy atom. The lowest BCUT2D eigenvalue weighted by Crippen LogP contribution is -2.28. The van der Waals surface area contributed by atoms with E-state index < -0.39 is 0 Å². The zero-order valence-corrected chi connectivity index (χ0v) is 12.0. The Morgan fingerprint density at radius 1 is 1.00 bits per heavy atom. The average molecular weight is 277 g/mol. The second-order valence-corrected chi connectivity index (χ2v) is 4.72. The molecule has 2 rings (SSSR count). The van der Waals surface area contributed by atoms with Crippen molar-refractivity contribution >= 4 is 12.0 Å². The highest BCUT2D eigenvalue weighted by molar-refractivity contribution is 5.87. The Labute approximate surface area is 126 Å². The first-order chi connectivity index (χ1) is 10.3. The molecule has 0 saturated heterocycles. The molecule has 0 aliphatic carbocycles.